The smallest absolute Gasteiger partial charge is 0.315 e. The van der Waals surface area contributed by atoms with Crippen LogP contribution in [0, 0.1) is 0 Å². The van der Waals surface area contributed by atoms with Crippen LogP contribution < -0.4 is 10.6 Å². The van der Waals surface area contributed by atoms with E-state index in [4.69, 9.17) is 11.6 Å². The Balaban J connectivity index is 1.63. The predicted molar refractivity (Wildman–Crippen MR) is 110 cm³/mol. The fraction of sp³-hybridized carbons (Fsp3) is 0.350. The SMILES string of the molecule is O=C(NCc1ccccc1Cl)NCc1ccccc1S(=O)(=O)N1CCCCC1. The minimum atomic E-state index is -3.56. The summed E-state index contributed by atoms with van der Waals surface area (Å²) in [5.74, 6) is 0. The van der Waals surface area contributed by atoms with E-state index in [2.05, 4.69) is 10.6 Å². The predicted octanol–water partition coefficient (Wildman–Crippen LogP) is 3.51. The maximum atomic E-state index is 13.0. The van der Waals surface area contributed by atoms with Gasteiger partial charge in [-0.25, -0.2) is 13.2 Å². The molecule has 28 heavy (non-hydrogen) atoms. The van der Waals surface area contributed by atoms with Gasteiger partial charge in [0.25, 0.3) is 0 Å². The number of hydrogen-bond donors (Lipinski definition) is 2. The quantitative estimate of drug-likeness (QED) is 0.749. The number of carbonyl (C=O) groups excluding carboxylic acids is 1. The van der Waals surface area contributed by atoms with Gasteiger partial charge in [-0.05, 0) is 36.1 Å². The standard InChI is InChI=1S/C20H24ClN3O3S/c21-18-10-4-2-8-16(18)14-22-20(25)23-15-17-9-3-5-11-19(17)28(26,27)24-12-6-1-7-13-24/h2-5,8-11H,1,6-7,12-15H2,(H2,22,23,25). The van der Waals surface area contributed by atoms with Crippen LogP contribution in [0.3, 0.4) is 0 Å². The maximum absolute atomic E-state index is 13.0. The van der Waals surface area contributed by atoms with Crippen LogP contribution in [-0.4, -0.2) is 31.8 Å². The van der Waals surface area contributed by atoms with E-state index in [1.807, 2.05) is 18.2 Å². The molecule has 1 saturated heterocycles. The zero-order chi connectivity index (χ0) is 20.0. The van der Waals surface area contributed by atoms with Crippen molar-refractivity contribution >= 4 is 27.7 Å². The number of hydrogen-bond acceptors (Lipinski definition) is 3. The van der Waals surface area contributed by atoms with Gasteiger partial charge in [-0.15, -0.1) is 0 Å². The molecule has 2 aromatic carbocycles. The van der Waals surface area contributed by atoms with Gasteiger partial charge in [0.2, 0.25) is 10.0 Å². The van der Waals surface area contributed by atoms with Crippen LogP contribution in [0.4, 0.5) is 4.79 Å². The number of sulfonamides is 1. The van der Waals surface area contributed by atoms with Crippen molar-refractivity contribution in [2.45, 2.75) is 37.2 Å². The minimum Gasteiger partial charge on any atom is -0.334 e. The molecule has 0 bridgehead atoms. The number of nitrogens with one attached hydrogen (secondary N) is 2. The molecule has 1 heterocycles. The van der Waals surface area contributed by atoms with Crippen molar-refractivity contribution in [2.75, 3.05) is 13.1 Å². The van der Waals surface area contributed by atoms with Crippen molar-refractivity contribution in [3.05, 3.63) is 64.7 Å². The molecule has 3 rings (SSSR count). The highest BCUT2D eigenvalue weighted by Crippen LogP contribution is 2.23. The second kappa shape index (κ2) is 9.41. The number of carbonyl (C=O) groups is 1. The van der Waals surface area contributed by atoms with Gasteiger partial charge in [0, 0.05) is 31.2 Å². The van der Waals surface area contributed by atoms with E-state index in [1.165, 1.54) is 4.31 Å². The Labute approximate surface area is 170 Å². The van der Waals surface area contributed by atoms with Crippen LogP contribution >= 0.6 is 11.6 Å². The van der Waals surface area contributed by atoms with Gasteiger partial charge in [-0.3, -0.25) is 0 Å². The molecule has 1 fully saturated rings. The highest BCUT2D eigenvalue weighted by atomic mass is 35.5. The van der Waals surface area contributed by atoms with Crippen molar-refractivity contribution in [3.8, 4) is 0 Å². The van der Waals surface area contributed by atoms with E-state index in [1.54, 1.807) is 30.3 Å². The summed E-state index contributed by atoms with van der Waals surface area (Å²) >= 11 is 6.08. The Bertz CT molecular complexity index is 928. The molecule has 0 saturated carbocycles. The van der Waals surface area contributed by atoms with Crippen molar-refractivity contribution < 1.29 is 13.2 Å². The molecule has 2 aromatic rings. The summed E-state index contributed by atoms with van der Waals surface area (Å²) in [6.07, 6.45) is 2.81. The molecule has 0 radical (unpaired) electrons. The molecule has 0 atom stereocenters. The van der Waals surface area contributed by atoms with Gasteiger partial charge in [-0.1, -0.05) is 54.4 Å². The average molecular weight is 422 g/mol. The second-order valence-corrected chi connectivity index (χ2v) is 9.01. The lowest BCUT2D eigenvalue weighted by atomic mass is 10.2. The maximum Gasteiger partial charge on any atom is 0.315 e. The first-order chi connectivity index (χ1) is 13.5. The van der Waals surface area contributed by atoms with Gasteiger partial charge >= 0.3 is 6.03 Å². The summed E-state index contributed by atoms with van der Waals surface area (Å²) in [4.78, 5) is 12.4. The van der Waals surface area contributed by atoms with Crippen LogP contribution in [0.25, 0.3) is 0 Å². The van der Waals surface area contributed by atoms with Crippen molar-refractivity contribution in [3.63, 3.8) is 0 Å². The highest BCUT2D eigenvalue weighted by Gasteiger charge is 2.27. The number of rotatable bonds is 6. The minimum absolute atomic E-state index is 0.123. The lowest BCUT2D eigenvalue weighted by Crippen LogP contribution is -2.37. The molecule has 1 aliphatic heterocycles. The lowest BCUT2D eigenvalue weighted by Gasteiger charge is -2.26. The normalized spacial score (nSPS) is 15.2. The number of urea groups is 1. The molecular weight excluding hydrogens is 398 g/mol. The molecule has 6 nitrogen and oxygen atoms in total. The summed E-state index contributed by atoms with van der Waals surface area (Å²) in [7, 11) is -3.56. The third-order valence-electron chi connectivity index (χ3n) is 4.74. The molecule has 8 heteroatoms. The molecule has 2 amide bonds. The third kappa shape index (κ3) is 5.04. The molecular formula is C20H24ClN3O3S. The lowest BCUT2D eigenvalue weighted by molar-refractivity contribution is 0.240. The number of halogens is 1. The molecule has 0 spiro atoms. The van der Waals surface area contributed by atoms with Crippen molar-refractivity contribution in [2.24, 2.45) is 0 Å². The van der Waals surface area contributed by atoms with Crippen molar-refractivity contribution in [1.29, 1.82) is 0 Å². The number of nitrogens with zero attached hydrogens (tertiary/aromatic N) is 1. The van der Waals surface area contributed by atoms with Crippen molar-refractivity contribution in [1.82, 2.24) is 14.9 Å². The number of piperidine rings is 1. The third-order valence-corrected chi connectivity index (χ3v) is 7.11. The van der Waals surface area contributed by atoms with Gasteiger partial charge in [-0.2, -0.15) is 4.31 Å². The summed E-state index contributed by atoms with van der Waals surface area (Å²) in [6, 6.07) is 13.7. The fourth-order valence-electron chi connectivity index (χ4n) is 3.20. The molecule has 1 aliphatic rings. The first kappa shape index (κ1) is 20.6. The molecule has 2 N–H and O–H groups in total. The summed E-state index contributed by atoms with van der Waals surface area (Å²) in [5, 5.41) is 6.05. The summed E-state index contributed by atoms with van der Waals surface area (Å²) < 4.78 is 27.5. The van der Waals surface area contributed by atoms with Crippen LogP contribution in [0.1, 0.15) is 30.4 Å². The van der Waals surface area contributed by atoms with Crippen LogP contribution in [0.15, 0.2) is 53.4 Å². The molecule has 0 aliphatic carbocycles. The first-order valence-corrected chi connectivity index (χ1v) is 11.1. The van der Waals surface area contributed by atoms with E-state index in [9.17, 15) is 13.2 Å². The van der Waals surface area contributed by atoms with Gasteiger partial charge in [0.1, 0.15) is 0 Å². The van der Waals surface area contributed by atoms with Gasteiger partial charge in [0.15, 0.2) is 0 Å². The van der Waals surface area contributed by atoms with E-state index in [-0.39, 0.29) is 17.5 Å². The van der Waals surface area contributed by atoms with E-state index in [0.717, 1.165) is 24.8 Å². The first-order valence-electron chi connectivity index (χ1n) is 9.31. The van der Waals surface area contributed by atoms with Gasteiger partial charge < -0.3 is 10.6 Å². The van der Waals surface area contributed by atoms with Crippen LogP contribution in [-0.2, 0) is 23.1 Å². The zero-order valence-corrected chi connectivity index (χ0v) is 17.1. The Hall–Kier alpha value is -2.09. The van der Waals surface area contributed by atoms with Crippen LogP contribution in [0.5, 0.6) is 0 Å². The monoisotopic (exact) mass is 421 g/mol. The van der Waals surface area contributed by atoms with Gasteiger partial charge in [0.05, 0.1) is 4.90 Å². The molecule has 150 valence electrons. The Kier molecular flexibility index (Phi) is 6.93. The zero-order valence-electron chi connectivity index (χ0n) is 15.5. The number of amides is 2. The van der Waals surface area contributed by atoms with E-state index < -0.39 is 10.0 Å². The van der Waals surface area contributed by atoms with Crippen LogP contribution in [0.2, 0.25) is 5.02 Å². The largest absolute Gasteiger partial charge is 0.334 e. The van der Waals surface area contributed by atoms with E-state index in [0.29, 0.717) is 30.2 Å². The summed E-state index contributed by atoms with van der Waals surface area (Å²) in [6.45, 7) is 1.50. The average Bonchev–Trinajstić information content (AvgIpc) is 2.72. The Morgan fingerprint density at radius 3 is 2.14 bits per heavy atom. The fourth-order valence-corrected chi connectivity index (χ4v) is 5.14. The number of benzene rings is 2. The second-order valence-electron chi connectivity index (χ2n) is 6.70. The summed E-state index contributed by atoms with van der Waals surface area (Å²) in [5.41, 5.74) is 1.38. The topological polar surface area (TPSA) is 78.5 Å². The highest BCUT2D eigenvalue weighted by molar-refractivity contribution is 7.89. The molecule has 0 unspecified atom stereocenters. The molecule has 0 aromatic heterocycles. The Morgan fingerprint density at radius 2 is 1.46 bits per heavy atom. The van der Waals surface area contributed by atoms with E-state index >= 15 is 0 Å². The Morgan fingerprint density at radius 1 is 0.893 bits per heavy atom.